The summed E-state index contributed by atoms with van der Waals surface area (Å²) < 4.78 is 10.5. The number of alkyl carbamates (subject to hydrolysis) is 2. The van der Waals surface area contributed by atoms with Crippen molar-refractivity contribution in [1.29, 1.82) is 0 Å². The average molecular weight is 608 g/mol. The van der Waals surface area contributed by atoms with Crippen LogP contribution in [0.2, 0.25) is 0 Å². The minimum absolute atomic E-state index is 0.00369. The summed E-state index contributed by atoms with van der Waals surface area (Å²) in [5.41, 5.74) is 8.98. The summed E-state index contributed by atoms with van der Waals surface area (Å²) in [6.45, 7) is 8.13. The molecule has 13 heteroatoms. The van der Waals surface area contributed by atoms with E-state index in [0.29, 0.717) is 30.1 Å². The predicted molar refractivity (Wildman–Crippen MR) is 164 cm³/mol. The quantitative estimate of drug-likeness (QED) is 0.247. The van der Waals surface area contributed by atoms with Crippen molar-refractivity contribution in [2.75, 3.05) is 19.7 Å². The van der Waals surface area contributed by atoms with E-state index < -0.39 is 17.8 Å². The lowest BCUT2D eigenvalue weighted by Gasteiger charge is -2.25. The van der Waals surface area contributed by atoms with Crippen LogP contribution in [0.3, 0.4) is 0 Å². The molecule has 3 amide bonds. The molecule has 0 unspecified atom stereocenters. The zero-order chi connectivity index (χ0) is 31.7. The highest BCUT2D eigenvalue weighted by Gasteiger charge is 2.24. The number of amides is 3. The lowest BCUT2D eigenvalue weighted by molar-refractivity contribution is -0.181. The number of hydrogen-bond acceptors (Lipinski definition) is 10. The molecule has 1 aliphatic carbocycles. The largest absolute Gasteiger partial charge is 0.446 e. The van der Waals surface area contributed by atoms with Gasteiger partial charge in [-0.3, -0.25) is 9.63 Å². The fourth-order valence-electron chi connectivity index (χ4n) is 4.35. The Hall–Kier alpha value is -4.52. The minimum atomic E-state index is -0.595. The minimum Gasteiger partial charge on any atom is -0.446 e. The summed E-state index contributed by atoms with van der Waals surface area (Å²) in [6, 6.07) is 5.61. The molecule has 0 spiro atoms. The fourth-order valence-corrected chi connectivity index (χ4v) is 4.35. The smallest absolute Gasteiger partial charge is 0.408 e. The Morgan fingerprint density at radius 3 is 2.48 bits per heavy atom. The molecule has 4 N–H and O–H groups in total. The molecule has 0 saturated heterocycles. The van der Waals surface area contributed by atoms with Crippen LogP contribution >= 0.6 is 0 Å². The lowest BCUT2D eigenvalue weighted by atomic mass is 9.96. The fraction of sp³-hybridized carbons (Fsp3) is 0.484. The molecule has 0 bridgehead atoms. The molecular formula is C31H41N7O6. The number of aliphatic imine (C=N–C) groups is 1. The van der Waals surface area contributed by atoms with E-state index >= 15 is 0 Å². The van der Waals surface area contributed by atoms with Gasteiger partial charge in [-0.1, -0.05) is 19.1 Å². The number of carbonyl (C=O) groups is 3. The summed E-state index contributed by atoms with van der Waals surface area (Å²) in [5, 5.41) is 6.60. The lowest BCUT2D eigenvalue weighted by Crippen LogP contribution is -2.38. The molecule has 2 heterocycles. The Morgan fingerprint density at radius 2 is 1.82 bits per heavy atom. The first-order valence-corrected chi connectivity index (χ1v) is 14.9. The van der Waals surface area contributed by atoms with Crippen molar-refractivity contribution in [2.45, 2.75) is 78.0 Å². The number of ether oxygens (including phenoxy) is 2. The van der Waals surface area contributed by atoms with Crippen molar-refractivity contribution < 1.29 is 28.7 Å². The van der Waals surface area contributed by atoms with E-state index in [4.69, 9.17) is 20.0 Å². The number of hydrogen-bond donors (Lipinski definition) is 3. The predicted octanol–water partition coefficient (Wildman–Crippen LogP) is 4.39. The number of carbonyl (C=O) groups excluding carboxylic acids is 3. The highest BCUT2D eigenvalue weighted by molar-refractivity contribution is 6.05. The summed E-state index contributed by atoms with van der Waals surface area (Å²) in [7, 11) is 0. The number of rotatable bonds is 11. The molecule has 44 heavy (non-hydrogen) atoms. The number of hydroxylamine groups is 2. The topological polar surface area (TPSA) is 170 Å². The first kappa shape index (κ1) is 32.4. The standard InChI is InChI=1S/C31H41N7O6/c1-5-12-38(42-13-11-33-29(40)43-24-7-6-8-24)28(39)22-14-21-10-9-20(15-25(21)37-26(32)16-22)23-17-34-27(35-18-23)19-36-30(41)44-31(2,3)4/h9-10,14-15,17-18,24H,5-8,11-13,16,19H2,1-4H3,(H2,32,37)(H,33,40)(H,36,41). The number of fused-ring (bicyclic) bond motifs is 1. The third-order valence-electron chi connectivity index (χ3n) is 6.70. The van der Waals surface area contributed by atoms with Crippen LogP contribution < -0.4 is 16.4 Å². The molecule has 0 atom stereocenters. The number of nitrogens with two attached hydrogens (primary N) is 1. The highest BCUT2D eigenvalue weighted by atomic mass is 16.7. The van der Waals surface area contributed by atoms with Gasteiger partial charge in [0.1, 0.15) is 23.4 Å². The average Bonchev–Trinajstić information content (AvgIpc) is 3.12. The molecule has 4 rings (SSSR count). The SMILES string of the molecule is CCCN(OCCNC(=O)OC1CCC1)C(=O)C1=Cc2ccc(-c3cnc(CNC(=O)OC(C)(C)C)nc3)cc2N=C(N)C1. The van der Waals surface area contributed by atoms with Gasteiger partial charge in [-0.05, 0) is 64.2 Å². The molecule has 2 aliphatic rings. The van der Waals surface area contributed by atoms with Gasteiger partial charge < -0.3 is 25.8 Å². The molecule has 1 aromatic carbocycles. The first-order chi connectivity index (χ1) is 21.0. The summed E-state index contributed by atoms with van der Waals surface area (Å²) >= 11 is 0. The van der Waals surface area contributed by atoms with Crippen LogP contribution in [0.1, 0.15) is 71.2 Å². The summed E-state index contributed by atoms with van der Waals surface area (Å²) in [4.78, 5) is 56.2. The molecule has 0 radical (unpaired) electrons. The van der Waals surface area contributed by atoms with Crippen molar-refractivity contribution in [2.24, 2.45) is 10.7 Å². The van der Waals surface area contributed by atoms with Crippen molar-refractivity contribution in [3.63, 3.8) is 0 Å². The molecule has 1 saturated carbocycles. The normalized spacial score (nSPS) is 14.6. The van der Waals surface area contributed by atoms with Gasteiger partial charge in [-0.15, -0.1) is 0 Å². The Bertz CT molecular complexity index is 1400. The van der Waals surface area contributed by atoms with Crippen LogP contribution in [0.4, 0.5) is 15.3 Å². The van der Waals surface area contributed by atoms with Gasteiger partial charge in [0.25, 0.3) is 5.91 Å². The van der Waals surface area contributed by atoms with Crippen LogP contribution in [0.5, 0.6) is 0 Å². The monoisotopic (exact) mass is 607 g/mol. The number of nitrogens with zero attached hydrogens (tertiary/aromatic N) is 4. The summed E-state index contributed by atoms with van der Waals surface area (Å²) in [6.07, 6.45) is 7.78. The zero-order valence-electron chi connectivity index (χ0n) is 25.7. The molecule has 2 aromatic rings. The first-order valence-electron chi connectivity index (χ1n) is 14.9. The van der Waals surface area contributed by atoms with Gasteiger partial charge in [0, 0.05) is 48.6 Å². The Kier molecular flexibility index (Phi) is 10.9. The Balaban J connectivity index is 1.38. The maximum Gasteiger partial charge on any atom is 0.408 e. The number of aromatic nitrogens is 2. The second-order valence-corrected chi connectivity index (χ2v) is 11.6. The van der Waals surface area contributed by atoms with Crippen LogP contribution in [0, 0.1) is 0 Å². The van der Waals surface area contributed by atoms with E-state index in [1.807, 2.05) is 25.1 Å². The van der Waals surface area contributed by atoms with Crippen LogP contribution in [0.15, 0.2) is 41.2 Å². The van der Waals surface area contributed by atoms with E-state index in [9.17, 15) is 14.4 Å². The van der Waals surface area contributed by atoms with Crippen molar-refractivity contribution in [1.82, 2.24) is 25.7 Å². The molecule has 13 nitrogen and oxygen atoms in total. The maximum atomic E-state index is 13.5. The second kappa shape index (κ2) is 14.8. The van der Waals surface area contributed by atoms with Crippen LogP contribution in [-0.4, -0.2) is 70.4 Å². The second-order valence-electron chi connectivity index (χ2n) is 11.6. The van der Waals surface area contributed by atoms with Crippen LogP contribution in [0.25, 0.3) is 17.2 Å². The van der Waals surface area contributed by atoms with Gasteiger partial charge in [-0.25, -0.2) is 29.6 Å². The van der Waals surface area contributed by atoms with E-state index in [2.05, 4.69) is 25.6 Å². The number of nitrogens with one attached hydrogen (secondary N) is 2. The van der Waals surface area contributed by atoms with Gasteiger partial charge >= 0.3 is 12.2 Å². The van der Waals surface area contributed by atoms with Crippen molar-refractivity contribution in [3.8, 4) is 11.1 Å². The molecule has 1 aromatic heterocycles. The van der Waals surface area contributed by atoms with Crippen LogP contribution in [-0.2, 0) is 25.7 Å². The van der Waals surface area contributed by atoms with Gasteiger partial charge in [0.2, 0.25) is 0 Å². The molecular weight excluding hydrogens is 566 g/mol. The van der Waals surface area contributed by atoms with Crippen molar-refractivity contribution >= 4 is 35.7 Å². The van der Waals surface area contributed by atoms with Gasteiger partial charge in [-0.2, -0.15) is 0 Å². The Labute approximate surface area is 257 Å². The summed E-state index contributed by atoms with van der Waals surface area (Å²) in [5.74, 6) is 0.408. The third kappa shape index (κ3) is 9.49. The number of benzene rings is 1. The van der Waals surface area contributed by atoms with Crippen molar-refractivity contribution in [3.05, 3.63) is 47.6 Å². The van der Waals surface area contributed by atoms with E-state index in [-0.39, 0.29) is 44.0 Å². The molecule has 1 fully saturated rings. The molecule has 236 valence electrons. The number of amidine groups is 1. The van der Waals surface area contributed by atoms with Gasteiger partial charge in [0.05, 0.1) is 18.8 Å². The maximum absolute atomic E-state index is 13.5. The highest BCUT2D eigenvalue weighted by Crippen LogP contribution is 2.32. The van der Waals surface area contributed by atoms with Gasteiger partial charge in [0.15, 0.2) is 0 Å². The van der Waals surface area contributed by atoms with E-state index in [0.717, 1.165) is 36.0 Å². The Morgan fingerprint density at radius 1 is 1.07 bits per heavy atom. The zero-order valence-corrected chi connectivity index (χ0v) is 25.7. The third-order valence-corrected chi connectivity index (χ3v) is 6.70. The van der Waals surface area contributed by atoms with E-state index in [1.54, 1.807) is 39.2 Å². The van der Waals surface area contributed by atoms with E-state index in [1.165, 1.54) is 5.06 Å². The molecule has 1 aliphatic heterocycles.